The van der Waals surface area contributed by atoms with Crippen LogP contribution in [0.25, 0.3) is 16.9 Å². The lowest BCUT2D eigenvalue weighted by atomic mass is 10.2. The zero-order valence-electron chi connectivity index (χ0n) is 10.6. The molecule has 0 amide bonds. The van der Waals surface area contributed by atoms with Gasteiger partial charge in [-0.15, -0.1) is 13.2 Å². The van der Waals surface area contributed by atoms with Crippen molar-refractivity contribution < 1.29 is 17.9 Å². The molecule has 0 atom stereocenters. The molecule has 0 fully saturated rings. The molecule has 6 nitrogen and oxygen atoms in total. The minimum atomic E-state index is -4.91. The highest BCUT2D eigenvalue weighted by atomic mass is 35.5. The van der Waals surface area contributed by atoms with Crippen molar-refractivity contribution in [3.8, 4) is 11.7 Å². The van der Waals surface area contributed by atoms with Gasteiger partial charge in [-0.05, 0) is 18.2 Å². The van der Waals surface area contributed by atoms with E-state index in [2.05, 4.69) is 19.8 Å². The molecule has 2 aromatic heterocycles. The van der Waals surface area contributed by atoms with Crippen LogP contribution in [0.5, 0.6) is 5.75 Å². The summed E-state index contributed by atoms with van der Waals surface area (Å²) in [6, 6.07) is 3.64. The first-order valence-corrected chi connectivity index (χ1v) is 6.20. The Morgan fingerprint density at radius 3 is 2.73 bits per heavy atom. The maximum atomic E-state index is 12.3. The third-order valence-electron chi connectivity index (χ3n) is 2.69. The van der Waals surface area contributed by atoms with Gasteiger partial charge in [-0.1, -0.05) is 11.6 Å². The Labute approximate surface area is 125 Å². The summed E-state index contributed by atoms with van der Waals surface area (Å²) in [4.78, 5) is 18.5. The first kappa shape index (κ1) is 14.4. The van der Waals surface area contributed by atoms with E-state index in [-0.39, 0.29) is 21.9 Å². The number of rotatable bonds is 2. The van der Waals surface area contributed by atoms with Crippen molar-refractivity contribution in [1.29, 1.82) is 0 Å². The van der Waals surface area contributed by atoms with Gasteiger partial charge in [0, 0.05) is 12.4 Å². The molecule has 0 aliphatic carbocycles. The molecule has 0 aliphatic rings. The smallest absolute Gasteiger partial charge is 0.404 e. The maximum Gasteiger partial charge on any atom is 0.573 e. The summed E-state index contributed by atoms with van der Waals surface area (Å²) in [7, 11) is 0. The van der Waals surface area contributed by atoms with E-state index in [0.29, 0.717) is 0 Å². The normalized spacial score (nSPS) is 11.8. The molecule has 22 heavy (non-hydrogen) atoms. The molecular formula is C12H6ClF3N4O2. The quantitative estimate of drug-likeness (QED) is 0.784. The van der Waals surface area contributed by atoms with Gasteiger partial charge in [0.25, 0.3) is 5.56 Å². The summed E-state index contributed by atoms with van der Waals surface area (Å²) in [5, 5.41) is 3.51. The molecule has 2 heterocycles. The summed E-state index contributed by atoms with van der Waals surface area (Å²) in [6.45, 7) is 0. The summed E-state index contributed by atoms with van der Waals surface area (Å²) in [5.41, 5.74) is -0.520. The Kier molecular flexibility index (Phi) is 3.28. The number of fused-ring (bicyclic) bond motifs is 1. The third-order valence-corrected chi connectivity index (χ3v) is 2.99. The van der Waals surface area contributed by atoms with Gasteiger partial charge in [-0.2, -0.15) is 5.10 Å². The van der Waals surface area contributed by atoms with Crippen LogP contribution >= 0.6 is 11.6 Å². The Bertz CT molecular complexity index is 890. The summed E-state index contributed by atoms with van der Waals surface area (Å²) < 4.78 is 41.9. The number of alkyl halides is 3. The number of aromatic nitrogens is 4. The van der Waals surface area contributed by atoms with E-state index in [1.54, 1.807) is 12.3 Å². The Morgan fingerprint density at radius 1 is 1.32 bits per heavy atom. The molecular weight excluding hydrogens is 325 g/mol. The topological polar surface area (TPSA) is 72.8 Å². The largest absolute Gasteiger partial charge is 0.573 e. The number of benzene rings is 1. The van der Waals surface area contributed by atoms with Crippen LogP contribution < -0.4 is 10.3 Å². The van der Waals surface area contributed by atoms with Crippen LogP contribution in [-0.2, 0) is 0 Å². The molecule has 0 saturated heterocycles. The minimum Gasteiger partial charge on any atom is -0.404 e. The number of ether oxygens (including phenoxy) is 1. The van der Waals surface area contributed by atoms with Gasteiger partial charge in [0.05, 0.1) is 15.9 Å². The van der Waals surface area contributed by atoms with Crippen molar-refractivity contribution in [2.45, 2.75) is 6.36 Å². The Balaban J connectivity index is 2.17. The SMILES string of the molecule is O=c1[nH]c(-n2cccn2)nc2cc(Cl)c(OC(F)(F)F)cc12. The van der Waals surface area contributed by atoms with Crippen LogP contribution in [0.3, 0.4) is 0 Å². The molecule has 3 aromatic rings. The van der Waals surface area contributed by atoms with Crippen LogP contribution in [0.2, 0.25) is 5.02 Å². The monoisotopic (exact) mass is 330 g/mol. The first-order valence-electron chi connectivity index (χ1n) is 5.83. The van der Waals surface area contributed by atoms with Crippen molar-refractivity contribution in [2.24, 2.45) is 0 Å². The zero-order valence-corrected chi connectivity index (χ0v) is 11.3. The standard InChI is InChI=1S/C12H6ClF3N4O2/c13-7-5-8-6(4-9(7)22-12(14,15)16)10(21)19-11(18-8)20-3-1-2-17-20/h1-5H,(H,18,19,21). The molecule has 0 radical (unpaired) electrons. The van der Waals surface area contributed by atoms with Crippen LogP contribution in [-0.4, -0.2) is 26.1 Å². The van der Waals surface area contributed by atoms with Gasteiger partial charge in [-0.25, -0.2) is 9.67 Å². The van der Waals surface area contributed by atoms with E-state index in [1.807, 2.05) is 0 Å². The fourth-order valence-corrected chi connectivity index (χ4v) is 2.03. The van der Waals surface area contributed by atoms with Crippen molar-refractivity contribution in [3.63, 3.8) is 0 Å². The second-order valence-electron chi connectivity index (χ2n) is 4.19. The van der Waals surface area contributed by atoms with Crippen molar-refractivity contribution >= 4 is 22.5 Å². The lowest BCUT2D eigenvalue weighted by molar-refractivity contribution is -0.274. The van der Waals surface area contributed by atoms with E-state index in [1.165, 1.54) is 10.9 Å². The van der Waals surface area contributed by atoms with Gasteiger partial charge in [-0.3, -0.25) is 9.78 Å². The molecule has 1 N–H and O–H groups in total. The summed E-state index contributed by atoms with van der Waals surface area (Å²) >= 11 is 5.74. The van der Waals surface area contributed by atoms with Gasteiger partial charge in [0.15, 0.2) is 0 Å². The third kappa shape index (κ3) is 2.75. The van der Waals surface area contributed by atoms with Gasteiger partial charge in [0.1, 0.15) is 5.75 Å². The maximum absolute atomic E-state index is 12.3. The van der Waals surface area contributed by atoms with E-state index < -0.39 is 17.7 Å². The van der Waals surface area contributed by atoms with Crippen LogP contribution in [0, 0.1) is 0 Å². The van der Waals surface area contributed by atoms with Crippen LogP contribution in [0.15, 0.2) is 35.4 Å². The average Bonchev–Trinajstić information content (AvgIpc) is 2.92. The van der Waals surface area contributed by atoms with Crippen molar-refractivity contribution in [2.75, 3.05) is 0 Å². The average molecular weight is 331 g/mol. The number of nitrogens with one attached hydrogen (secondary N) is 1. The van der Waals surface area contributed by atoms with E-state index in [9.17, 15) is 18.0 Å². The number of hydrogen-bond donors (Lipinski definition) is 1. The molecule has 0 unspecified atom stereocenters. The lowest BCUT2D eigenvalue weighted by Crippen LogP contribution is -2.18. The first-order chi connectivity index (χ1) is 10.3. The van der Waals surface area contributed by atoms with E-state index >= 15 is 0 Å². The number of aromatic amines is 1. The lowest BCUT2D eigenvalue weighted by Gasteiger charge is -2.11. The second-order valence-corrected chi connectivity index (χ2v) is 4.59. The predicted molar refractivity (Wildman–Crippen MR) is 71.2 cm³/mol. The van der Waals surface area contributed by atoms with E-state index in [0.717, 1.165) is 12.1 Å². The summed E-state index contributed by atoms with van der Waals surface area (Å²) in [6.07, 6.45) is -1.88. The van der Waals surface area contributed by atoms with Gasteiger partial charge < -0.3 is 4.74 Å². The number of halogens is 4. The Morgan fingerprint density at radius 2 is 2.09 bits per heavy atom. The number of H-pyrrole nitrogens is 1. The van der Waals surface area contributed by atoms with Crippen molar-refractivity contribution in [3.05, 3.63) is 46.0 Å². The van der Waals surface area contributed by atoms with Gasteiger partial charge >= 0.3 is 6.36 Å². The Hall–Kier alpha value is -2.55. The highest BCUT2D eigenvalue weighted by Gasteiger charge is 2.32. The molecule has 10 heteroatoms. The number of nitrogens with zero attached hydrogens (tertiary/aromatic N) is 3. The minimum absolute atomic E-state index is 0.0837. The number of hydrogen-bond acceptors (Lipinski definition) is 4. The molecule has 0 aliphatic heterocycles. The molecule has 1 aromatic carbocycles. The molecule has 3 rings (SSSR count). The highest BCUT2D eigenvalue weighted by Crippen LogP contribution is 2.32. The highest BCUT2D eigenvalue weighted by molar-refractivity contribution is 6.32. The van der Waals surface area contributed by atoms with Crippen LogP contribution in [0.1, 0.15) is 0 Å². The fourth-order valence-electron chi connectivity index (χ4n) is 1.83. The molecule has 0 saturated carbocycles. The molecule has 114 valence electrons. The molecule has 0 spiro atoms. The molecule has 0 bridgehead atoms. The fraction of sp³-hybridized carbons (Fsp3) is 0.0833. The van der Waals surface area contributed by atoms with Crippen molar-refractivity contribution in [1.82, 2.24) is 19.7 Å². The van der Waals surface area contributed by atoms with Gasteiger partial charge in [0.2, 0.25) is 5.95 Å². The van der Waals surface area contributed by atoms with E-state index in [4.69, 9.17) is 11.6 Å². The predicted octanol–water partition coefficient (Wildman–Crippen LogP) is 2.66. The second kappa shape index (κ2) is 5.02. The van der Waals surface area contributed by atoms with Crippen LogP contribution in [0.4, 0.5) is 13.2 Å². The summed E-state index contributed by atoms with van der Waals surface area (Å²) in [5.74, 6) is -0.552. The zero-order chi connectivity index (χ0) is 15.9.